The van der Waals surface area contributed by atoms with Gasteiger partial charge >= 0.3 is 12.1 Å². The van der Waals surface area contributed by atoms with Crippen molar-refractivity contribution < 1.29 is 19.1 Å². The van der Waals surface area contributed by atoms with Crippen LogP contribution in [0, 0.1) is 0 Å². The number of carbonyl (C=O) groups excluding carboxylic acids is 2. The van der Waals surface area contributed by atoms with Crippen molar-refractivity contribution in [2.24, 2.45) is 0 Å². The van der Waals surface area contributed by atoms with E-state index in [9.17, 15) is 9.59 Å². The van der Waals surface area contributed by atoms with E-state index < -0.39 is 17.7 Å². The van der Waals surface area contributed by atoms with E-state index >= 15 is 0 Å². The minimum Gasteiger partial charge on any atom is -0.465 e. The molecule has 0 N–H and O–H groups in total. The SMILES string of the molecule is COC(=O)c1cc2c(s1)c(-c1ccccc1)c(-c1ccc(Cl)cc1)n2C(=O)OC(C)(C)C. The van der Waals surface area contributed by atoms with Gasteiger partial charge in [0.25, 0.3) is 0 Å². The number of ether oxygens (including phenoxy) is 2. The Balaban J connectivity index is 2.10. The molecule has 0 aliphatic heterocycles. The van der Waals surface area contributed by atoms with Gasteiger partial charge < -0.3 is 9.47 Å². The fourth-order valence-corrected chi connectivity index (χ4v) is 4.77. The summed E-state index contributed by atoms with van der Waals surface area (Å²) in [7, 11) is 1.34. The highest BCUT2D eigenvalue weighted by Gasteiger charge is 2.29. The van der Waals surface area contributed by atoms with Gasteiger partial charge in [-0.2, -0.15) is 0 Å². The van der Waals surface area contributed by atoms with E-state index in [1.54, 1.807) is 18.2 Å². The van der Waals surface area contributed by atoms with Crippen LogP contribution in [0.1, 0.15) is 30.4 Å². The Hall–Kier alpha value is -3.09. The maximum Gasteiger partial charge on any atom is 0.419 e. The molecule has 0 radical (unpaired) electrons. The molecule has 7 heteroatoms. The van der Waals surface area contributed by atoms with Crippen molar-refractivity contribution in [3.8, 4) is 22.4 Å². The van der Waals surface area contributed by atoms with Gasteiger partial charge in [0.2, 0.25) is 0 Å². The molecule has 4 aromatic rings. The van der Waals surface area contributed by atoms with Crippen molar-refractivity contribution in [2.45, 2.75) is 26.4 Å². The predicted octanol–water partition coefficient (Wildman–Crippen LogP) is 7.26. The zero-order valence-corrected chi connectivity index (χ0v) is 19.7. The van der Waals surface area contributed by atoms with Gasteiger partial charge in [0.15, 0.2) is 0 Å². The number of halogens is 1. The lowest BCUT2D eigenvalue weighted by molar-refractivity contribution is 0.0544. The third kappa shape index (κ3) is 4.16. The van der Waals surface area contributed by atoms with E-state index in [1.807, 2.05) is 63.2 Å². The lowest BCUT2D eigenvalue weighted by atomic mass is 10.0. The molecule has 2 heterocycles. The highest BCUT2D eigenvalue weighted by Crippen LogP contribution is 2.45. The summed E-state index contributed by atoms with van der Waals surface area (Å²) in [5.74, 6) is -0.450. The van der Waals surface area contributed by atoms with Gasteiger partial charge in [-0.1, -0.05) is 54.1 Å². The second kappa shape index (κ2) is 8.45. The van der Waals surface area contributed by atoms with Crippen molar-refractivity contribution in [3.05, 3.63) is 70.6 Å². The topological polar surface area (TPSA) is 57.5 Å². The molecule has 0 aliphatic rings. The fraction of sp³-hybridized carbons (Fsp3) is 0.200. The third-order valence-corrected chi connectivity index (χ3v) is 6.16. The molecule has 0 spiro atoms. The second-order valence-corrected chi connectivity index (χ2v) is 9.72. The van der Waals surface area contributed by atoms with Gasteiger partial charge in [-0.3, -0.25) is 0 Å². The lowest BCUT2D eigenvalue weighted by Gasteiger charge is -2.21. The maximum atomic E-state index is 13.4. The van der Waals surface area contributed by atoms with E-state index in [0.717, 1.165) is 21.4 Å². The number of hydrogen-bond donors (Lipinski definition) is 0. The first-order chi connectivity index (χ1) is 15.2. The quantitative estimate of drug-likeness (QED) is 0.297. The van der Waals surface area contributed by atoms with Crippen molar-refractivity contribution in [3.63, 3.8) is 0 Å². The van der Waals surface area contributed by atoms with Gasteiger partial charge in [0, 0.05) is 10.6 Å². The number of aromatic nitrogens is 1. The average molecular weight is 468 g/mol. The molecule has 5 nitrogen and oxygen atoms in total. The van der Waals surface area contributed by atoms with Crippen molar-refractivity contribution >= 4 is 45.2 Å². The first-order valence-electron chi connectivity index (χ1n) is 10.0. The van der Waals surface area contributed by atoms with Crippen LogP contribution in [-0.2, 0) is 9.47 Å². The lowest BCUT2D eigenvalue weighted by Crippen LogP contribution is -2.27. The number of rotatable bonds is 3. The molecule has 4 rings (SSSR count). The molecule has 164 valence electrons. The first kappa shape index (κ1) is 22.1. The molecule has 0 aliphatic carbocycles. The van der Waals surface area contributed by atoms with Crippen LogP contribution < -0.4 is 0 Å². The third-order valence-electron chi connectivity index (χ3n) is 4.78. The molecule has 32 heavy (non-hydrogen) atoms. The fourth-order valence-electron chi connectivity index (χ4n) is 3.52. The van der Waals surface area contributed by atoms with Crippen LogP contribution in [-0.4, -0.2) is 29.3 Å². The van der Waals surface area contributed by atoms with E-state index in [4.69, 9.17) is 21.1 Å². The monoisotopic (exact) mass is 467 g/mol. The zero-order chi connectivity index (χ0) is 23.0. The Morgan fingerprint density at radius 2 is 1.62 bits per heavy atom. The zero-order valence-electron chi connectivity index (χ0n) is 18.1. The van der Waals surface area contributed by atoms with Crippen LogP contribution >= 0.6 is 22.9 Å². The van der Waals surface area contributed by atoms with Crippen molar-refractivity contribution in [1.29, 1.82) is 0 Å². The molecular weight excluding hydrogens is 446 g/mol. The van der Waals surface area contributed by atoms with Crippen LogP contribution in [0.5, 0.6) is 0 Å². The summed E-state index contributed by atoms with van der Waals surface area (Å²) in [5, 5.41) is 0.597. The van der Waals surface area contributed by atoms with Gasteiger partial charge in [-0.05, 0) is 50.1 Å². The number of esters is 1. The molecule has 0 atom stereocenters. The summed E-state index contributed by atoms with van der Waals surface area (Å²) in [4.78, 5) is 26.1. The van der Waals surface area contributed by atoms with Gasteiger partial charge in [0.05, 0.1) is 23.0 Å². The smallest absolute Gasteiger partial charge is 0.419 e. The van der Waals surface area contributed by atoms with E-state index in [-0.39, 0.29) is 0 Å². The number of hydrogen-bond acceptors (Lipinski definition) is 5. The Morgan fingerprint density at radius 1 is 0.969 bits per heavy atom. The predicted molar refractivity (Wildman–Crippen MR) is 129 cm³/mol. The Labute approximate surface area is 195 Å². The Bertz CT molecular complexity index is 1300. The summed E-state index contributed by atoms with van der Waals surface area (Å²) in [6.07, 6.45) is -0.524. The summed E-state index contributed by atoms with van der Waals surface area (Å²) < 4.78 is 13.0. The largest absolute Gasteiger partial charge is 0.465 e. The average Bonchev–Trinajstić information content (AvgIpc) is 3.30. The molecule has 0 fully saturated rings. The highest BCUT2D eigenvalue weighted by molar-refractivity contribution is 7.21. The Kier molecular flexibility index (Phi) is 5.84. The summed E-state index contributed by atoms with van der Waals surface area (Å²) in [6.45, 7) is 5.46. The standard InChI is InChI=1S/C25H22ClNO4S/c1-25(2,3)31-24(29)27-18-14-19(23(28)30-4)32-22(18)20(15-8-6-5-7-9-15)21(27)16-10-12-17(26)13-11-16/h5-14H,1-4H3. The summed E-state index contributed by atoms with van der Waals surface area (Å²) >= 11 is 7.42. The van der Waals surface area contributed by atoms with Crippen LogP contribution in [0.15, 0.2) is 60.7 Å². The first-order valence-corrected chi connectivity index (χ1v) is 11.2. The molecular formula is C25H22ClNO4S. The number of fused-ring (bicyclic) bond motifs is 1. The Morgan fingerprint density at radius 3 is 2.22 bits per heavy atom. The van der Waals surface area contributed by atoms with Crippen LogP contribution in [0.3, 0.4) is 0 Å². The molecule has 2 aromatic heterocycles. The number of nitrogens with zero attached hydrogens (tertiary/aromatic N) is 1. The minimum atomic E-state index is -0.695. The number of methoxy groups -OCH3 is 1. The maximum absolute atomic E-state index is 13.4. The number of thiophene rings is 1. The van der Waals surface area contributed by atoms with E-state index in [0.29, 0.717) is 21.1 Å². The van der Waals surface area contributed by atoms with Crippen molar-refractivity contribution in [1.82, 2.24) is 4.57 Å². The molecule has 0 saturated carbocycles. The molecule has 0 unspecified atom stereocenters. The summed E-state index contributed by atoms with van der Waals surface area (Å²) in [6, 6.07) is 18.8. The summed E-state index contributed by atoms with van der Waals surface area (Å²) in [5.41, 5.74) is 3.14. The highest BCUT2D eigenvalue weighted by atomic mass is 35.5. The number of carbonyl (C=O) groups is 2. The van der Waals surface area contributed by atoms with Gasteiger partial charge in [0.1, 0.15) is 10.5 Å². The molecule has 2 aromatic carbocycles. The molecule has 0 saturated heterocycles. The van der Waals surface area contributed by atoms with E-state index in [1.165, 1.54) is 23.0 Å². The minimum absolute atomic E-state index is 0.412. The molecule has 0 amide bonds. The van der Waals surface area contributed by atoms with Crippen LogP contribution in [0.4, 0.5) is 4.79 Å². The van der Waals surface area contributed by atoms with Crippen LogP contribution in [0.25, 0.3) is 32.6 Å². The second-order valence-electron chi connectivity index (χ2n) is 8.23. The van der Waals surface area contributed by atoms with Gasteiger partial charge in [-0.25, -0.2) is 14.2 Å². The normalized spacial score (nSPS) is 11.5. The molecule has 0 bridgehead atoms. The van der Waals surface area contributed by atoms with E-state index in [2.05, 4.69) is 0 Å². The van der Waals surface area contributed by atoms with Crippen LogP contribution in [0.2, 0.25) is 5.02 Å². The van der Waals surface area contributed by atoms with Crippen molar-refractivity contribution in [2.75, 3.05) is 7.11 Å². The number of benzene rings is 2. The van der Waals surface area contributed by atoms with Gasteiger partial charge in [-0.15, -0.1) is 11.3 Å².